The van der Waals surface area contributed by atoms with Crippen LogP contribution in [0.15, 0.2) is 48.5 Å². The van der Waals surface area contributed by atoms with Gasteiger partial charge in [0, 0.05) is 12.6 Å². The van der Waals surface area contributed by atoms with Crippen molar-refractivity contribution in [1.82, 2.24) is 10.4 Å². The number of aliphatic hydroxyl groups is 1. The van der Waals surface area contributed by atoms with Crippen LogP contribution < -0.4 is 11.2 Å². The van der Waals surface area contributed by atoms with Crippen LogP contribution in [0.5, 0.6) is 0 Å². The van der Waals surface area contributed by atoms with Gasteiger partial charge in [-0.2, -0.15) is 0 Å². The average Bonchev–Trinajstić information content (AvgIpc) is 2.76. The summed E-state index contributed by atoms with van der Waals surface area (Å²) in [7, 11) is 0. The summed E-state index contributed by atoms with van der Waals surface area (Å²) in [5.74, 6) is -2.79. The van der Waals surface area contributed by atoms with Crippen molar-refractivity contribution in [2.24, 2.45) is 17.6 Å². The zero-order valence-corrected chi connectivity index (χ0v) is 18.0. The van der Waals surface area contributed by atoms with E-state index in [9.17, 15) is 19.9 Å². The highest BCUT2D eigenvalue weighted by molar-refractivity contribution is 5.82. The van der Waals surface area contributed by atoms with E-state index in [4.69, 9.17) is 5.73 Å². The van der Waals surface area contributed by atoms with Gasteiger partial charge in [0.15, 0.2) is 0 Å². The van der Waals surface area contributed by atoms with Crippen molar-refractivity contribution < 1.29 is 19.9 Å². The maximum absolute atomic E-state index is 12.4. The first-order valence-electron chi connectivity index (χ1n) is 10.6. The fourth-order valence-electron chi connectivity index (χ4n) is 4.80. The van der Waals surface area contributed by atoms with Crippen molar-refractivity contribution in [3.8, 4) is 11.1 Å². The Kier molecular flexibility index (Phi) is 7.43. The molecule has 7 heteroatoms. The minimum atomic E-state index is -1.06. The lowest BCUT2D eigenvalue weighted by atomic mass is 9.77. The number of rotatable bonds is 7. The lowest BCUT2D eigenvalue weighted by molar-refractivity contribution is -0.145. The highest BCUT2D eigenvalue weighted by atomic mass is 16.5. The van der Waals surface area contributed by atoms with Crippen LogP contribution in [0.1, 0.15) is 30.9 Å². The van der Waals surface area contributed by atoms with Crippen molar-refractivity contribution in [2.75, 3.05) is 6.54 Å². The van der Waals surface area contributed by atoms with Gasteiger partial charge < -0.3 is 10.8 Å². The van der Waals surface area contributed by atoms with E-state index < -0.39 is 35.8 Å². The molecule has 1 aliphatic rings. The van der Waals surface area contributed by atoms with Crippen molar-refractivity contribution in [1.29, 1.82) is 0 Å². The second kappa shape index (κ2) is 10.0. The summed E-state index contributed by atoms with van der Waals surface area (Å²) in [6.45, 7) is 4.72. The molecule has 1 fully saturated rings. The van der Waals surface area contributed by atoms with E-state index in [2.05, 4.69) is 25.1 Å². The number of aliphatic hydroxyl groups excluding tert-OH is 1. The van der Waals surface area contributed by atoms with Gasteiger partial charge in [-0.3, -0.25) is 19.7 Å². The third-order valence-corrected chi connectivity index (χ3v) is 6.36. The van der Waals surface area contributed by atoms with Gasteiger partial charge in [0.2, 0.25) is 5.91 Å². The molecule has 2 aromatic carbocycles. The van der Waals surface area contributed by atoms with Crippen LogP contribution in [0.2, 0.25) is 0 Å². The van der Waals surface area contributed by atoms with Gasteiger partial charge in [-0.1, -0.05) is 48.5 Å². The Labute approximate surface area is 182 Å². The van der Waals surface area contributed by atoms with Crippen LogP contribution >= 0.6 is 0 Å². The van der Waals surface area contributed by atoms with E-state index in [0.717, 1.165) is 28.7 Å². The number of hydrogen-bond acceptors (Lipinski definition) is 5. The maximum atomic E-state index is 12.4. The summed E-state index contributed by atoms with van der Waals surface area (Å²) in [6.07, 6.45) is 0.243. The number of likely N-dealkylation sites (tertiary alicyclic amines) is 1. The van der Waals surface area contributed by atoms with E-state index in [1.165, 1.54) is 6.92 Å². The zero-order valence-electron chi connectivity index (χ0n) is 18.0. The summed E-state index contributed by atoms with van der Waals surface area (Å²) in [6, 6.07) is 15.6. The smallest absolute Gasteiger partial charge is 0.250 e. The maximum Gasteiger partial charge on any atom is 0.250 e. The molecule has 5 N–H and O–H groups in total. The molecule has 166 valence electrons. The topological polar surface area (TPSA) is 116 Å². The number of nitrogens with zero attached hydrogens (tertiary/aromatic N) is 1. The third-order valence-electron chi connectivity index (χ3n) is 6.36. The molecule has 1 heterocycles. The number of hydrogen-bond donors (Lipinski definition) is 4. The molecule has 0 spiro atoms. The van der Waals surface area contributed by atoms with Crippen LogP contribution in [0, 0.1) is 18.8 Å². The molecule has 2 aromatic rings. The van der Waals surface area contributed by atoms with Gasteiger partial charge in [0.25, 0.3) is 5.91 Å². The van der Waals surface area contributed by atoms with Gasteiger partial charge in [0.1, 0.15) is 0 Å². The van der Waals surface area contributed by atoms with Crippen molar-refractivity contribution in [3.63, 3.8) is 0 Å². The fraction of sp³-hybridized carbons (Fsp3) is 0.417. The summed E-state index contributed by atoms with van der Waals surface area (Å²) in [4.78, 5) is 26.7. The van der Waals surface area contributed by atoms with Crippen LogP contribution in [-0.2, 0) is 16.1 Å². The zero-order chi connectivity index (χ0) is 22.5. The van der Waals surface area contributed by atoms with E-state index >= 15 is 0 Å². The molecule has 4 atom stereocenters. The minimum Gasteiger partial charge on any atom is -0.393 e. The summed E-state index contributed by atoms with van der Waals surface area (Å²) < 4.78 is 0. The number of benzene rings is 2. The van der Waals surface area contributed by atoms with Gasteiger partial charge in [0.05, 0.1) is 17.9 Å². The first-order valence-corrected chi connectivity index (χ1v) is 10.6. The van der Waals surface area contributed by atoms with Crippen LogP contribution in [0.4, 0.5) is 0 Å². The number of nitrogens with two attached hydrogens (primary N) is 1. The number of piperidine rings is 1. The van der Waals surface area contributed by atoms with Crippen molar-refractivity contribution in [2.45, 2.75) is 45.4 Å². The number of carbonyl (C=O) groups excluding carboxylic acids is 2. The van der Waals surface area contributed by atoms with E-state index in [1.54, 1.807) is 5.48 Å². The Morgan fingerprint density at radius 3 is 2.52 bits per heavy atom. The standard InChI is InChI=1S/C24H31N3O4/c1-15-18(10-6-11-19(15)17-8-4-3-5-9-17)14-27-13-7-12-20(23(25)29)22(27)21(16(2)28)24(30)26-31/h3-6,8-11,16,20-22,28,31H,7,12-14H2,1-2H3,(H2,25,29)(H,26,30). The third kappa shape index (κ3) is 4.95. The molecule has 0 saturated carbocycles. The average molecular weight is 426 g/mol. The first-order chi connectivity index (χ1) is 14.8. The largest absolute Gasteiger partial charge is 0.393 e. The summed E-state index contributed by atoms with van der Waals surface area (Å²) in [5, 5.41) is 19.6. The molecule has 0 aliphatic carbocycles. The number of carbonyl (C=O) groups is 2. The van der Waals surface area contributed by atoms with E-state index in [-0.39, 0.29) is 0 Å². The quantitative estimate of drug-likeness (QED) is 0.401. The van der Waals surface area contributed by atoms with Gasteiger partial charge in [-0.25, -0.2) is 5.48 Å². The molecule has 31 heavy (non-hydrogen) atoms. The van der Waals surface area contributed by atoms with E-state index in [0.29, 0.717) is 19.5 Å². The second-order valence-corrected chi connectivity index (χ2v) is 8.31. The van der Waals surface area contributed by atoms with Crippen molar-refractivity contribution in [3.05, 3.63) is 59.7 Å². The lowest BCUT2D eigenvalue weighted by Gasteiger charge is -2.44. The summed E-state index contributed by atoms with van der Waals surface area (Å²) >= 11 is 0. The molecule has 4 unspecified atom stereocenters. The molecule has 3 rings (SSSR count). The Balaban J connectivity index is 1.98. The van der Waals surface area contributed by atoms with Gasteiger partial charge in [-0.15, -0.1) is 0 Å². The van der Waals surface area contributed by atoms with Crippen molar-refractivity contribution >= 4 is 11.8 Å². The molecular weight excluding hydrogens is 394 g/mol. The highest BCUT2D eigenvalue weighted by Crippen LogP contribution is 2.34. The minimum absolute atomic E-state index is 0.499. The van der Waals surface area contributed by atoms with Crippen LogP contribution in [-0.4, -0.2) is 45.7 Å². The number of nitrogens with one attached hydrogen (secondary N) is 1. The lowest BCUT2D eigenvalue weighted by Crippen LogP contribution is -2.58. The predicted octanol–water partition coefficient (Wildman–Crippen LogP) is 2.23. The Bertz CT molecular complexity index is 916. The van der Waals surface area contributed by atoms with Gasteiger partial charge >= 0.3 is 0 Å². The Morgan fingerprint density at radius 2 is 1.90 bits per heavy atom. The molecular formula is C24H31N3O4. The molecule has 1 aliphatic heterocycles. The van der Waals surface area contributed by atoms with Gasteiger partial charge in [-0.05, 0) is 55.5 Å². The summed E-state index contributed by atoms with van der Waals surface area (Å²) in [5.41, 5.74) is 11.8. The molecule has 2 amide bonds. The second-order valence-electron chi connectivity index (χ2n) is 8.31. The van der Waals surface area contributed by atoms with E-state index in [1.807, 2.05) is 35.2 Å². The normalized spacial score (nSPS) is 21.3. The Hall–Kier alpha value is -2.74. The number of primary amides is 1. The Morgan fingerprint density at radius 1 is 1.19 bits per heavy atom. The highest BCUT2D eigenvalue weighted by Gasteiger charge is 2.45. The number of amides is 2. The fourth-order valence-corrected chi connectivity index (χ4v) is 4.80. The number of hydroxylamine groups is 1. The first kappa shape index (κ1) is 22.9. The van der Waals surface area contributed by atoms with Crippen LogP contribution in [0.25, 0.3) is 11.1 Å². The SMILES string of the molecule is Cc1c(CN2CCCC(C(N)=O)C2C(C(=O)NO)C(C)O)cccc1-c1ccccc1. The monoisotopic (exact) mass is 425 g/mol. The van der Waals surface area contributed by atoms with Crippen LogP contribution in [0.3, 0.4) is 0 Å². The molecule has 1 saturated heterocycles. The molecule has 0 radical (unpaired) electrons. The predicted molar refractivity (Wildman–Crippen MR) is 118 cm³/mol. The molecule has 7 nitrogen and oxygen atoms in total. The molecule has 0 aromatic heterocycles. The molecule has 0 bridgehead atoms.